The van der Waals surface area contributed by atoms with Crippen LogP contribution in [0.1, 0.15) is 367 Å². The Morgan fingerprint density at radius 1 is 0.338 bits per heavy atom. The number of aliphatic hydroxyl groups excluding tert-OH is 1. The summed E-state index contributed by atoms with van der Waals surface area (Å²) in [5, 5.41) is 9.86. The van der Waals surface area contributed by atoms with Crippen LogP contribution in [0, 0.1) is 0 Å². The Bertz CT molecular complexity index is 1390. The van der Waals surface area contributed by atoms with E-state index < -0.39 is 57.8 Å². The number of allylic oxidation sites excluding steroid dienone is 2. The summed E-state index contributed by atoms with van der Waals surface area (Å²) in [4.78, 5) is 48.8. The van der Waals surface area contributed by atoms with Gasteiger partial charge in [0.2, 0.25) is 0 Å². The average molecular weight is 1160 g/mol. The van der Waals surface area contributed by atoms with Gasteiger partial charge < -0.3 is 24.2 Å². The van der Waals surface area contributed by atoms with E-state index in [1.165, 1.54) is 250 Å². The molecule has 474 valence electrons. The van der Waals surface area contributed by atoms with Gasteiger partial charge in [0.1, 0.15) is 12.7 Å². The average Bonchev–Trinajstić information content (AvgIpc) is 3.45. The van der Waals surface area contributed by atoms with Crippen molar-refractivity contribution in [2.24, 2.45) is 0 Å². The van der Waals surface area contributed by atoms with Crippen molar-refractivity contribution in [2.45, 2.75) is 380 Å². The molecule has 0 saturated carbocycles. The molecule has 12 heteroatoms. The van der Waals surface area contributed by atoms with Crippen molar-refractivity contribution in [3.8, 4) is 0 Å². The topological polar surface area (TPSA) is 155 Å². The summed E-state index contributed by atoms with van der Waals surface area (Å²) >= 11 is 0. The highest BCUT2D eigenvalue weighted by Gasteiger charge is 2.28. The van der Waals surface area contributed by atoms with Gasteiger partial charge in [0.15, 0.2) is 6.10 Å². The number of rotatable bonds is 66. The molecule has 0 amide bonds. The second-order valence-electron chi connectivity index (χ2n) is 23.7. The van der Waals surface area contributed by atoms with Crippen molar-refractivity contribution in [2.75, 3.05) is 26.4 Å². The molecule has 80 heavy (non-hydrogen) atoms. The third-order valence-corrected chi connectivity index (χ3v) is 16.6. The van der Waals surface area contributed by atoms with Gasteiger partial charge in [-0.15, -0.1) is 0 Å². The third-order valence-electron chi connectivity index (χ3n) is 15.7. The normalized spacial score (nSPS) is 13.2. The fourth-order valence-corrected chi connectivity index (χ4v) is 11.2. The largest absolute Gasteiger partial charge is 0.472 e. The lowest BCUT2D eigenvalue weighted by atomic mass is 10.0. The quantitative estimate of drug-likeness (QED) is 0.0197. The number of hydrogen-bond donors (Lipinski definition) is 2. The van der Waals surface area contributed by atoms with E-state index in [-0.39, 0.29) is 25.9 Å². The highest BCUT2D eigenvalue weighted by Crippen LogP contribution is 2.43. The van der Waals surface area contributed by atoms with E-state index in [1.807, 2.05) is 0 Å². The smallest absolute Gasteiger partial charge is 0.462 e. The molecule has 2 N–H and O–H groups in total. The van der Waals surface area contributed by atoms with Gasteiger partial charge in [0.25, 0.3) is 0 Å². The van der Waals surface area contributed by atoms with Crippen molar-refractivity contribution in [1.29, 1.82) is 0 Å². The molecule has 11 nitrogen and oxygen atoms in total. The zero-order chi connectivity index (χ0) is 58.3. The van der Waals surface area contributed by atoms with E-state index in [1.54, 1.807) is 0 Å². The predicted molar refractivity (Wildman–Crippen MR) is 335 cm³/mol. The van der Waals surface area contributed by atoms with E-state index in [0.29, 0.717) is 19.3 Å². The summed E-state index contributed by atoms with van der Waals surface area (Å²) in [6.07, 6.45) is 65.9. The standard InChI is InChI=1S/C68H131O11P/c1-4-7-10-13-16-19-22-25-28-30-32-34-37-39-42-45-48-51-54-57-66(70)75-61-65(79-68(72)59-56-53-50-47-44-41-38-35-33-31-29-26-23-20-17-14-11-8-5-2)63-77-80(73,74)76-62-64(60-69)78-67(71)58-55-52-49-46-43-40-36-27-24-21-18-15-12-9-6-3/h25,28,64-65,69H,4-24,26-27,29-63H2,1-3H3,(H,73,74)/b28-25-. The number of carbonyl (C=O) groups is 3. The van der Waals surface area contributed by atoms with Crippen molar-refractivity contribution < 1.29 is 52.2 Å². The van der Waals surface area contributed by atoms with Crippen LogP contribution in [0.15, 0.2) is 12.2 Å². The van der Waals surface area contributed by atoms with Crippen molar-refractivity contribution in [1.82, 2.24) is 0 Å². The fraction of sp³-hybridized carbons (Fsp3) is 0.926. The number of phosphoric acid groups is 1. The SMILES string of the molecule is CCCCCCCC/C=C\CCCCCCCCCCCC(=O)OCC(COP(=O)(O)OCC(CO)OC(=O)CCCCCCCCCCCCCCCCC)OC(=O)CCCCCCCCCCCCCCCCCCCCC. The molecule has 0 spiro atoms. The molecule has 0 heterocycles. The van der Waals surface area contributed by atoms with Gasteiger partial charge in [-0.1, -0.05) is 315 Å². The first-order valence-corrected chi connectivity index (χ1v) is 36.1. The Kier molecular flexibility index (Phi) is 61.8. The van der Waals surface area contributed by atoms with E-state index in [4.69, 9.17) is 23.3 Å². The molecule has 0 saturated heterocycles. The first kappa shape index (κ1) is 78.2. The minimum Gasteiger partial charge on any atom is -0.462 e. The maximum atomic E-state index is 13.0. The molecule has 3 atom stereocenters. The van der Waals surface area contributed by atoms with Gasteiger partial charge in [0.05, 0.1) is 19.8 Å². The summed E-state index contributed by atoms with van der Waals surface area (Å²) in [6.45, 7) is 4.75. The van der Waals surface area contributed by atoms with Crippen molar-refractivity contribution in [3.05, 3.63) is 12.2 Å². The molecule has 0 aromatic carbocycles. The van der Waals surface area contributed by atoms with Crippen LogP contribution in [-0.4, -0.2) is 66.5 Å². The number of aliphatic hydroxyl groups is 1. The Morgan fingerprint density at radius 3 is 0.863 bits per heavy atom. The minimum absolute atomic E-state index is 0.177. The van der Waals surface area contributed by atoms with Gasteiger partial charge >= 0.3 is 25.7 Å². The molecule has 0 rings (SSSR count). The minimum atomic E-state index is -4.75. The number of esters is 3. The van der Waals surface area contributed by atoms with E-state index in [0.717, 1.165) is 57.8 Å². The lowest BCUT2D eigenvalue weighted by Gasteiger charge is -2.21. The fourth-order valence-electron chi connectivity index (χ4n) is 10.4. The van der Waals surface area contributed by atoms with Gasteiger partial charge in [-0.05, 0) is 44.9 Å². The van der Waals surface area contributed by atoms with Crippen molar-refractivity contribution in [3.63, 3.8) is 0 Å². The molecule has 0 radical (unpaired) electrons. The van der Waals surface area contributed by atoms with Crippen LogP contribution in [0.2, 0.25) is 0 Å². The Labute approximate surface area is 494 Å². The summed E-state index contributed by atoms with van der Waals surface area (Å²) in [5.74, 6) is -1.42. The zero-order valence-corrected chi connectivity index (χ0v) is 53.7. The van der Waals surface area contributed by atoms with Gasteiger partial charge in [-0.25, -0.2) is 4.57 Å². The van der Waals surface area contributed by atoms with E-state index in [9.17, 15) is 28.9 Å². The van der Waals surface area contributed by atoms with Gasteiger partial charge in [-0.2, -0.15) is 0 Å². The lowest BCUT2D eigenvalue weighted by molar-refractivity contribution is -0.161. The summed E-state index contributed by atoms with van der Waals surface area (Å²) < 4.78 is 39.8. The number of unbranched alkanes of at least 4 members (excludes halogenated alkanes) is 47. The molecule has 0 aliphatic heterocycles. The number of phosphoric ester groups is 1. The predicted octanol–water partition coefficient (Wildman–Crippen LogP) is 21.2. The Morgan fingerprint density at radius 2 is 0.575 bits per heavy atom. The molecule has 0 aromatic rings. The number of hydrogen-bond acceptors (Lipinski definition) is 10. The summed E-state index contributed by atoms with van der Waals surface area (Å²) in [7, 11) is -4.75. The zero-order valence-electron chi connectivity index (χ0n) is 52.8. The first-order valence-electron chi connectivity index (χ1n) is 34.6. The Balaban J connectivity index is 4.63. The summed E-state index contributed by atoms with van der Waals surface area (Å²) in [5.41, 5.74) is 0. The van der Waals surface area contributed by atoms with E-state index in [2.05, 4.69) is 32.9 Å². The summed E-state index contributed by atoms with van der Waals surface area (Å²) in [6, 6.07) is 0. The maximum absolute atomic E-state index is 13.0. The highest BCUT2D eigenvalue weighted by atomic mass is 31.2. The van der Waals surface area contributed by atoms with Crippen LogP contribution in [0.3, 0.4) is 0 Å². The van der Waals surface area contributed by atoms with Gasteiger partial charge in [-0.3, -0.25) is 23.4 Å². The van der Waals surface area contributed by atoms with Crippen LogP contribution < -0.4 is 0 Å². The molecule has 0 aliphatic rings. The van der Waals surface area contributed by atoms with Gasteiger partial charge in [0, 0.05) is 19.3 Å². The molecule has 3 unspecified atom stereocenters. The van der Waals surface area contributed by atoms with Crippen LogP contribution in [-0.2, 0) is 42.2 Å². The highest BCUT2D eigenvalue weighted by molar-refractivity contribution is 7.47. The Hall–Kier alpha value is -1.78. The first-order chi connectivity index (χ1) is 39.2. The molecular formula is C68H131O11P. The van der Waals surface area contributed by atoms with Crippen LogP contribution in [0.4, 0.5) is 0 Å². The van der Waals surface area contributed by atoms with Crippen LogP contribution >= 0.6 is 7.82 Å². The second kappa shape index (κ2) is 63.2. The van der Waals surface area contributed by atoms with E-state index >= 15 is 0 Å². The van der Waals surface area contributed by atoms with Crippen LogP contribution in [0.5, 0.6) is 0 Å². The third kappa shape index (κ3) is 60.8. The molecule has 0 fully saturated rings. The molecular weight excluding hydrogens is 1020 g/mol. The number of carbonyl (C=O) groups excluding carboxylic acids is 3. The maximum Gasteiger partial charge on any atom is 0.472 e. The monoisotopic (exact) mass is 1150 g/mol. The molecule has 0 aromatic heterocycles. The molecule has 0 aliphatic carbocycles. The second-order valence-corrected chi connectivity index (χ2v) is 25.2. The van der Waals surface area contributed by atoms with Crippen molar-refractivity contribution >= 4 is 25.7 Å². The van der Waals surface area contributed by atoms with Crippen LogP contribution in [0.25, 0.3) is 0 Å². The molecule has 0 bridgehead atoms. The lowest BCUT2D eigenvalue weighted by Crippen LogP contribution is -2.30. The number of ether oxygens (including phenoxy) is 3.